The summed E-state index contributed by atoms with van der Waals surface area (Å²) in [4.78, 5) is 42.6. The second-order valence-electron chi connectivity index (χ2n) is 7.21. The van der Waals surface area contributed by atoms with E-state index >= 15 is 4.39 Å². The van der Waals surface area contributed by atoms with Gasteiger partial charge in [-0.1, -0.05) is 17.8 Å². The number of amides is 3. The van der Waals surface area contributed by atoms with Crippen molar-refractivity contribution in [2.45, 2.75) is 6.10 Å². The van der Waals surface area contributed by atoms with E-state index in [1.807, 2.05) is 6.07 Å². The van der Waals surface area contributed by atoms with E-state index in [0.717, 1.165) is 16.7 Å². The highest BCUT2D eigenvalue weighted by Gasteiger charge is 2.38. The normalized spacial score (nSPS) is 18.5. The Morgan fingerprint density at radius 2 is 2.06 bits per heavy atom. The van der Waals surface area contributed by atoms with Crippen molar-refractivity contribution >= 4 is 34.7 Å². The molecule has 5 rings (SSSR count). The molecule has 4 heterocycles. The van der Waals surface area contributed by atoms with Crippen molar-refractivity contribution in [1.82, 2.24) is 20.1 Å². The molecule has 2 aliphatic rings. The van der Waals surface area contributed by atoms with Gasteiger partial charge in [0.1, 0.15) is 11.9 Å². The fraction of sp³-hybridized carbons (Fsp3) is 0.190. The number of pyridine rings is 1. The number of cyclic esters (lactones) is 1. The van der Waals surface area contributed by atoms with Gasteiger partial charge < -0.3 is 4.74 Å². The Hall–Kier alpha value is -3.73. The van der Waals surface area contributed by atoms with Crippen molar-refractivity contribution in [3.8, 4) is 22.5 Å². The van der Waals surface area contributed by atoms with E-state index in [1.54, 1.807) is 36.7 Å². The Bertz CT molecular complexity index is 1200. The van der Waals surface area contributed by atoms with Crippen molar-refractivity contribution < 1.29 is 23.5 Å². The zero-order valence-electron chi connectivity index (χ0n) is 16.5. The summed E-state index contributed by atoms with van der Waals surface area (Å²) in [5.74, 6) is -0.779. The smallest absolute Gasteiger partial charge is 0.414 e. The lowest BCUT2D eigenvalue weighted by atomic mass is 10.0. The van der Waals surface area contributed by atoms with E-state index in [2.05, 4.69) is 15.2 Å². The average Bonchev–Trinajstić information content (AvgIpc) is 3.50. The number of hydrogen-bond donors (Lipinski definition) is 1. The number of ether oxygens (including phenoxy) is 1. The number of halogens is 1. The minimum atomic E-state index is -0.680. The average molecular weight is 453 g/mol. The molecular weight excluding hydrogens is 437 g/mol. The number of aromatic amines is 1. The topological polar surface area (TPSA) is 108 Å². The molecule has 0 spiro atoms. The summed E-state index contributed by atoms with van der Waals surface area (Å²) in [5, 5.41) is 6.47. The van der Waals surface area contributed by atoms with Gasteiger partial charge in [-0.05, 0) is 30.3 Å². The van der Waals surface area contributed by atoms with Crippen LogP contribution in [0.4, 0.5) is 19.7 Å². The van der Waals surface area contributed by atoms with Crippen molar-refractivity contribution in [3.05, 3.63) is 54.6 Å². The molecule has 1 atom stereocenters. The molecule has 0 aliphatic carbocycles. The first kappa shape index (κ1) is 20.2. The van der Waals surface area contributed by atoms with E-state index < -0.39 is 18.0 Å². The van der Waals surface area contributed by atoms with E-state index in [0.29, 0.717) is 22.6 Å². The van der Waals surface area contributed by atoms with Crippen molar-refractivity contribution in [1.29, 1.82) is 0 Å². The van der Waals surface area contributed by atoms with Gasteiger partial charge in [-0.25, -0.2) is 9.18 Å². The first-order chi connectivity index (χ1) is 15.5. The number of imide groups is 1. The Balaban J connectivity index is 1.36. The van der Waals surface area contributed by atoms with Gasteiger partial charge in [-0.3, -0.25) is 29.5 Å². The first-order valence-corrected chi connectivity index (χ1v) is 10.7. The van der Waals surface area contributed by atoms with E-state index in [9.17, 15) is 14.4 Å². The molecule has 1 aromatic carbocycles. The van der Waals surface area contributed by atoms with Gasteiger partial charge in [0, 0.05) is 17.3 Å². The summed E-state index contributed by atoms with van der Waals surface area (Å²) < 4.78 is 20.4. The molecule has 3 aromatic rings. The molecule has 1 unspecified atom stereocenters. The minimum absolute atomic E-state index is 0.0188. The highest BCUT2D eigenvalue weighted by molar-refractivity contribution is 8.14. The van der Waals surface area contributed by atoms with E-state index in [1.165, 1.54) is 11.0 Å². The Morgan fingerprint density at radius 3 is 2.78 bits per heavy atom. The van der Waals surface area contributed by atoms with Crippen LogP contribution in [0.15, 0.2) is 48.8 Å². The maximum Gasteiger partial charge on any atom is 0.414 e. The fourth-order valence-corrected chi connectivity index (χ4v) is 4.41. The lowest BCUT2D eigenvalue weighted by molar-refractivity contribution is -0.125. The van der Waals surface area contributed by atoms with Crippen LogP contribution in [0.5, 0.6) is 0 Å². The fourth-order valence-electron chi connectivity index (χ4n) is 3.67. The van der Waals surface area contributed by atoms with Gasteiger partial charge in [-0.2, -0.15) is 5.10 Å². The molecule has 1 N–H and O–H groups in total. The SMILES string of the molecule is O=C1CSC(=O)N1CC1CN(c2ccc(-c3[nH]ncc3-c3ccccn3)c(F)c2)C(=O)O1. The third-order valence-electron chi connectivity index (χ3n) is 5.21. The van der Waals surface area contributed by atoms with Crippen LogP contribution in [-0.4, -0.2) is 62.3 Å². The van der Waals surface area contributed by atoms with E-state index in [-0.39, 0.29) is 35.6 Å². The lowest BCUT2D eigenvalue weighted by Gasteiger charge is -2.17. The maximum absolute atomic E-state index is 15.1. The van der Waals surface area contributed by atoms with Crippen LogP contribution in [0, 0.1) is 5.82 Å². The zero-order valence-corrected chi connectivity index (χ0v) is 17.3. The monoisotopic (exact) mass is 453 g/mol. The molecule has 9 nitrogen and oxygen atoms in total. The Morgan fingerprint density at radius 1 is 1.19 bits per heavy atom. The van der Waals surface area contributed by atoms with Crippen LogP contribution in [0.1, 0.15) is 0 Å². The summed E-state index contributed by atoms with van der Waals surface area (Å²) in [6, 6.07) is 9.81. The Kier molecular flexibility index (Phi) is 5.10. The Labute approximate surface area is 185 Å². The second-order valence-corrected chi connectivity index (χ2v) is 8.14. The number of carbonyl (C=O) groups excluding carboxylic acids is 3. The number of aromatic nitrogens is 3. The molecule has 162 valence electrons. The highest BCUT2D eigenvalue weighted by Crippen LogP contribution is 2.33. The molecule has 2 aliphatic heterocycles. The van der Waals surface area contributed by atoms with Gasteiger partial charge in [-0.15, -0.1) is 0 Å². The molecule has 11 heteroatoms. The number of thioether (sulfide) groups is 1. The molecule has 2 aromatic heterocycles. The number of rotatable bonds is 5. The molecular formula is C21H16FN5O4S. The number of nitrogens with one attached hydrogen (secondary N) is 1. The van der Waals surface area contributed by atoms with Crippen LogP contribution in [0.3, 0.4) is 0 Å². The summed E-state index contributed by atoms with van der Waals surface area (Å²) in [7, 11) is 0. The van der Waals surface area contributed by atoms with Gasteiger partial charge >= 0.3 is 6.09 Å². The summed E-state index contributed by atoms with van der Waals surface area (Å²) in [5.41, 5.74) is 2.36. The molecule has 3 amide bonds. The zero-order chi connectivity index (χ0) is 22.2. The van der Waals surface area contributed by atoms with Crippen LogP contribution < -0.4 is 4.90 Å². The third kappa shape index (κ3) is 3.60. The predicted octanol–water partition coefficient (Wildman–Crippen LogP) is 3.30. The number of benzene rings is 1. The highest BCUT2D eigenvalue weighted by atomic mass is 32.2. The van der Waals surface area contributed by atoms with Crippen LogP contribution in [-0.2, 0) is 9.53 Å². The minimum Gasteiger partial charge on any atom is -0.442 e. The van der Waals surface area contributed by atoms with Crippen LogP contribution >= 0.6 is 11.8 Å². The molecule has 2 fully saturated rings. The molecule has 32 heavy (non-hydrogen) atoms. The standard InChI is InChI=1S/C21H16FN5O4S/c22-16-7-12(26-9-13(31-20(26)29)10-27-18(28)11-32-21(27)30)4-5-14(16)19-15(8-24-25-19)17-3-1-2-6-23-17/h1-8,13H,9-11H2,(H,24,25). The van der Waals surface area contributed by atoms with Gasteiger partial charge in [0.25, 0.3) is 5.24 Å². The molecule has 0 saturated carbocycles. The van der Waals surface area contributed by atoms with Crippen LogP contribution in [0.25, 0.3) is 22.5 Å². The first-order valence-electron chi connectivity index (χ1n) is 9.71. The summed E-state index contributed by atoms with van der Waals surface area (Å²) in [6.07, 6.45) is 1.88. The predicted molar refractivity (Wildman–Crippen MR) is 114 cm³/mol. The number of H-pyrrole nitrogens is 1. The van der Waals surface area contributed by atoms with E-state index in [4.69, 9.17) is 4.74 Å². The number of carbonyl (C=O) groups is 3. The van der Waals surface area contributed by atoms with Gasteiger partial charge in [0.15, 0.2) is 0 Å². The molecule has 2 saturated heterocycles. The number of nitrogens with zero attached hydrogens (tertiary/aromatic N) is 4. The van der Waals surface area contributed by atoms with Crippen molar-refractivity contribution in [3.63, 3.8) is 0 Å². The third-order valence-corrected chi connectivity index (χ3v) is 6.07. The van der Waals surface area contributed by atoms with Gasteiger partial charge in [0.2, 0.25) is 5.91 Å². The molecule has 0 bridgehead atoms. The quantitative estimate of drug-likeness (QED) is 0.631. The summed E-state index contributed by atoms with van der Waals surface area (Å²) >= 11 is 0.918. The van der Waals surface area contributed by atoms with Gasteiger partial charge in [0.05, 0.1) is 42.1 Å². The van der Waals surface area contributed by atoms with Crippen LogP contribution in [0.2, 0.25) is 0 Å². The number of anilines is 1. The largest absolute Gasteiger partial charge is 0.442 e. The number of hydrogen-bond acceptors (Lipinski definition) is 7. The lowest BCUT2D eigenvalue weighted by Crippen LogP contribution is -2.37. The summed E-state index contributed by atoms with van der Waals surface area (Å²) in [6.45, 7) is 0.0810. The molecule has 0 radical (unpaired) electrons. The van der Waals surface area contributed by atoms with Crippen molar-refractivity contribution in [2.75, 3.05) is 23.7 Å². The second kappa shape index (κ2) is 8.08. The van der Waals surface area contributed by atoms with Crippen molar-refractivity contribution in [2.24, 2.45) is 0 Å². The maximum atomic E-state index is 15.1.